The van der Waals surface area contributed by atoms with Gasteiger partial charge in [-0.1, -0.05) is 19.8 Å². The van der Waals surface area contributed by atoms with Crippen LogP contribution < -0.4 is 10.6 Å². The lowest BCUT2D eigenvalue weighted by Gasteiger charge is -2.16. The molecule has 0 heterocycles. The molecule has 1 unspecified atom stereocenters. The lowest BCUT2D eigenvalue weighted by molar-refractivity contribution is -0.142. The fourth-order valence-electron chi connectivity index (χ4n) is 1.56. The number of hydrogen-bond donors (Lipinski definition) is 3. The Hall–Kier alpha value is -1.10. The van der Waals surface area contributed by atoms with Gasteiger partial charge in [0.25, 0.3) is 0 Å². The summed E-state index contributed by atoms with van der Waals surface area (Å²) in [5.41, 5.74) is 0. The molecule has 1 amide bonds. The summed E-state index contributed by atoms with van der Waals surface area (Å²) in [7, 11) is 0. The topological polar surface area (TPSA) is 78.4 Å². The van der Waals surface area contributed by atoms with Crippen molar-refractivity contribution in [2.75, 3.05) is 6.54 Å². The quantitative estimate of drug-likeness (QED) is 0.586. The van der Waals surface area contributed by atoms with Crippen molar-refractivity contribution in [3.63, 3.8) is 0 Å². The van der Waals surface area contributed by atoms with Crippen molar-refractivity contribution in [2.24, 2.45) is 5.92 Å². The van der Waals surface area contributed by atoms with E-state index in [2.05, 4.69) is 10.6 Å². The maximum atomic E-state index is 11.5. The van der Waals surface area contributed by atoms with Gasteiger partial charge in [-0.2, -0.15) is 0 Å². The van der Waals surface area contributed by atoms with Gasteiger partial charge in [0.1, 0.15) is 6.04 Å². The molecule has 5 heteroatoms. The van der Waals surface area contributed by atoms with Gasteiger partial charge in [0, 0.05) is 6.04 Å². The first kappa shape index (κ1) is 14.0. The number of carbonyl (C=O) groups is 2. The Balaban J connectivity index is 2.27. The van der Waals surface area contributed by atoms with Crippen molar-refractivity contribution >= 4 is 11.9 Å². The first-order valence-electron chi connectivity index (χ1n) is 6.28. The minimum absolute atomic E-state index is 0.184. The molecule has 0 saturated heterocycles. The Morgan fingerprint density at radius 1 is 1.41 bits per heavy atom. The van der Waals surface area contributed by atoms with Crippen LogP contribution >= 0.6 is 0 Å². The second-order valence-electron chi connectivity index (χ2n) is 4.83. The second kappa shape index (κ2) is 6.59. The van der Waals surface area contributed by atoms with Crippen LogP contribution in [0.3, 0.4) is 0 Å². The molecule has 0 spiro atoms. The third kappa shape index (κ3) is 5.68. The van der Waals surface area contributed by atoms with Crippen LogP contribution in [0.5, 0.6) is 0 Å². The molecule has 1 aliphatic carbocycles. The number of hydrogen-bond acceptors (Lipinski definition) is 3. The molecule has 0 aromatic rings. The molecule has 0 aromatic carbocycles. The van der Waals surface area contributed by atoms with E-state index < -0.39 is 12.0 Å². The molecule has 98 valence electrons. The summed E-state index contributed by atoms with van der Waals surface area (Å²) in [5.74, 6) is -0.689. The normalized spacial score (nSPS) is 18.5. The van der Waals surface area contributed by atoms with E-state index >= 15 is 0 Å². The summed E-state index contributed by atoms with van der Waals surface area (Å²) in [6, 6.07) is -0.457. The summed E-state index contributed by atoms with van der Waals surface area (Å²) in [6.07, 6.45) is 3.68. The molecule has 1 aliphatic rings. The zero-order chi connectivity index (χ0) is 12.8. The van der Waals surface area contributed by atoms with Crippen LogP contribution in [0, 0.1) is 5.92 Å². The Labute approximate surface area is 102 Å². The van der Waals surface area contributed by atoms with E-state index in [0.717, 1.165) is 19.3 Å². The van der Waals surface area contributed by atoms with Gasteiger partial charge in [0.15, 0.2) is 0 Å². The van der Waals surface area contributed by atoms with Gasteiger partial charge >= 0.3 is 5.97 Å². The SMILES string of the molecule is CCC(C)NCC(=O)N[C@@H](CC1CC1)C(=O)O. The highest BCUT2D eigenvalue weighted by Gasteiger charge is 2.30. The van der Waals surface area contributed by atoms with E-state index in [1.54, 1.807) is 0 Å². The maximum Gasteiger partial charge on any atom is 0.326 e. The van der Waals surface area contributed by atoms with Gasteiger partial charge in [-0.3, -0.25) is 4.79 Å². The third-order valence-corrected chi connectivity index (χ3v) is 3.12. The summed E-state index contributed by atoms with van der Waals surface area (Å²) in [5, 5.41) is 14.6. The standard InChI is InChI=1S/C12H22N2O3/c1-3-8(2)13-7-11(15)14-10(12(16)17)6-9-4-5-9/h8-10,13H,3-7H2,1-2H3,(H,14,15)(H,16,17)/t8?,10-/m0/s1. The summed E-state index contributed by atoms with van der Waals surface area (Å²) >= 11 is 0. The first-order chi connectivity index (χ1) is 8.02. The van der Waals surface area contributed by atoms with Gasteiger partial charge in [-0.05, 0) is 25.7 Å². The number of rotatable bonds is 8. The van der Waals surface area contributed by atoms with Crippen LogP contribution in [-0.2, 0) is 9.59 Å². The Morgan fingerprint density at radius 3 is 2.53 bits per heavy atom. The van der Waals surface area contributed by atoms with Crippen LogP contribution in [0.1, 0.15) is 39.5 Å². The smallest absolute Gasteiger partial charge is 0.326 e. The fourth-order valence-corrected chi connectivity index (χ4v) is 1.56. The van der Waals surface area contributed by atoms with Crippen molar-refractivity contribution in [3.8, 4) is 0 Å². The average Bonchev–Trinajstić information content (AvgIpc) is 3.08. The molecule has 1 rings (SSSR count). The molecule has 5 nitrogen and oxygen atoms in total. The van der Waals surface area contributed by atoms with Crippen molar-refractivity contribution < 1.29 is 14.7 Å². The van der Waals surface area contributed by atoms with E-state index in [-0.39, 0.29) is 18.5 Å². The number of carboxylic acids is 1. The number of aliphatic carboxylic acids is 1. The zero-order valence-electron chi connectivity index (χ0n) is 10.5. The van der Waals surface area contributed by atoms with Crippen LogP contribution in [-0.4, -0.2) is 35.6 Å². The van der Waals surface area contributed by atoms with E-state index in [0.29, 0.717) is 12.3 Å². The number of amides is 1. The first-order valence-corrected chi connectivity index (χ1v) is 6.28. The number of nitrogens with one attached hydrogen (secondary N) is 2. The Kier molecular flexibility index (Phi) is 5.41. The van der Waals surface area contributed by atoms with Crippen molar-refractivity contribution in [2.45, 2.75) is 51.6 Å². The van der Waals surface area contributed by atoms with Gasteiger partial charge < -0.3 is 15.7 Å². The zero-order valence-corrected chi connectivity index (χ0v) is 10.5. The van der Waals surface area contributed by atoms with Crippen molar-refractivity contribution in [1.29, 1.82) is 0 Å². The molecular weight excluding hydrogens is 220 g/mol. The monoisotopic (exact) mass is 242 g/mol. The highest BCUT2D eigenvalue weighted by Crippen LogP contribution is 2.33. The van der Waals surface area contributed by atoms with E-state index in [9.17, 15) is 9.59 Å². The van der Waals surface area contributed by atoms with Gasteiger partial charge in [0.2, 0.25) is 5.91 Å². The lowest BCUT2D eigenvalue weighted by Crippen LogP contribution is -2.46. The van der Waals surface area contributed by atoms with Crippen LogP contribution in [0.4, 0.5) is 0 Å². The Morgan fingerprint density at radius 2 is 2.06 bits per heavy atom. The third-order valence-electron chi connectivity index (χ3n) is 3.12. The summed E-state index contributed by atoms with van der Waals surface area (Å²) in [4.78, 5) is 22.5. The molecule has 2 atom stereocenters. The maximum absolute atomic E-state index is 11.5. The molecular formula is C12H22N2O3. The fraction of sp³-hybridized carbons (Fsp3) is 0.833. The van der Waals surface area contributed by atoms with E-state index in [4.69, 9.17) is 5.11 Å². The van der Waals surface area contributed by atoms with Gasteiger partial charge in [-0.25, -0.2) is 4.79 Å². The predicted octanol–water partition coefficient (Wildman–Crippen LogP) is 0.744. The predicted molar refractivity (Wildman–Crippen MR) is 64.7 cm³/mol. The van der Waals surface area contributed by atoms with Crippen molar-refractivity contribution in [1.82, 2.24) is 10.6 Å². The Bertz CT molecular complexity index is 277. The second-order valence-corrected chi connectivity index (χ2v) is 4.83. The molecule has 1 saturated carbocycles. The molecule has 0 aromatic heterocycles. The van der Waals surface area contributed by atoms with Gasteiger partial charge in [-0.15, -0.1) is 0 Å². The molecule has 1 fully saturated rings. The van der Waals surface area contributed by atoms with Gasteiger partial charge in [0.05, 0.1) is 6.54 Å². The molecule has 17 heavy (non-hydrogen) atoms. The molecule has 0 aliphatic heterocycles. The number of carboxylic acid groups (broad SMARTS) is 1. The van der Waals surface area contributed by atoms with Crippen LogP contribution in [0.25, 0.3) is 0 Å². The molecule has 0 bridgehead atoms. The number of carbonyl (C=O) groups excluding carboxylic acids is 1. The average molecular weight is 242 g/mol. The lowest BCUT2D eigenvalue weighted by atomic mass is 10.1. The van der Waals surface area contributed by atoms with Crippen molar-refractivity contribution in [3.05, 3.63) is 0 Å². The van der Waals surface area contributed by atoms with E-state index in [1.165, 1.54) is 0 Å². The van der Waals surface area contributed by atoms with E-state index in [1.807, 2.05) is 13.8 Å². The van der Waals surface area contributed by atoms with Crippen LogP contribution in [0.15, 0.2) is 0 Å². The summed E-state index contributed by atoms with van der Waals surface area (Å²) < 4.78 is 0. The highest BCUT2D eigenvalue weighted by molar-refractivity contribution is 5.84. The summed E-state index contributed by atoms with van der Waals surface area (Å²) in [6.45, 7) is 4.21. The minimum atomic E-state index is -0.936. The molecule has 3 N–H and O–H groups in total. The minimum Gasteiger partial charge on any atom is -0.480 e. The van der Waals surface area contributed by atoms with Crippen LogP contribution in [0.2, 0.25) is 0 Å². The molecule has 0 radical (unpaired) electrons. The highest BCUT2D eigenvalue weighted by atomic mass is 16.4. The largest absolute Gasteiger partial charge is 0.480 e.